The van der Waals surface area contributed by atoms with E-state index in [0.717, 1.165) is 102 Å². The summed E-state index contributed by atoms with van der Waals surface area (Å²) in [5, 5.41) is 10.3. The summed E-state index contributed by atoms with van der Waals surface area (Å²) in [6, 6.07) is 11.1. The molecule has 2 saturated heterocycles. The Kier molecular flexibility index (Phi) is 9.76. The summed E-state index contributed by atoms with van der Waals surface area (Å²) in [4.78, 5) is 31.8. The number of ether oxygens (including phenoxy) is 3. The van der Waals surface area contributed by atoms with Gasteiger partial charge in [-0.25, -0.2) is 4.79 Å². The van der Waals surface area contributed by atoms with Gasteiger partial charge in [-0.1, -0.05) is 25.1 Å². The second kappa shape index (κ2) is 14.1. The maximum atomic E-state index is 11.8. The minimum Gasteiger partial charge on any atom is -0.497 e. The smallest absolute Gasteiger partial charge is 0.406 e. The van der Waals surface area contributed by atoms with Gasteiger partial charge >= 0.3 is 12.1 Å². The van der Waals surface area contributed by atoms with Crippen LogP contribution in [0.15, 0.2) is 36.5 Å². The summed E-state index contributed by atoms with van der Waals surface area (Å²) in [5.74, 6) is 1.52. The highest BCUT2D eigenvalue weighted by Crippen LogP contribution is 2.43. The zero-order chi connectivity index (χ0) is 35.0. The molecule has 7 rings (SSSR count). The number of methoxy groups -OCH3 is 1. The molecule has 0 bridgehead atoms. The van der Waals surface area contributed by atoms with E-state index in [1.807, 2.05) is 6.20 Å². The lowest BCUT2D eigenvalue weighted by Gasteiger charge is -2.47. The molecule has 12 heteroatoms. The number of amides is 1. The summed E-state index contributed by atoms with van der Waals surface area (Å²) in [6.45, 7) is 4.76. The minimum atomic E-state index is -0.393. The van der Waals surface area contributed by atoms with E-state index >= 15 is 0 Å². The molecule has 0 radical (unpaired) electrons. The predicted octanol–water partition coefficient (Wildman–Crippen LogP) is 5.54. The molecule has 1 amide bonds. The van der Waals surface area contributed by atoms with Gasteiger partial charge in [0.1, 0.15) is 24.8 Å². The average molecular weight is 700 g/mol. The van der Waals surface area contributed by atoms with Gasteiger partial charge in [0.05, 0.1) is 29.2 Å². The molecule has 2 aromatic heterocycles. The quantitative estimate of drug-likeness (QED) is 0.183. The van der Waals surface area contributed by atoms with Crippen LogP contribution in [-0.2, 0) is 11.2 Å². The lowest BCUT2D eigenvalue weighted by atomic mass is 9.75. The maximum Gasteiger partial charge on any atom is 0.406 e. The van der Waals surface area contributed by atoms with Gasteiger partial charge in [0.2, 0.25) is 0 Å². The number of anilines is 1. The second-order valence-electron chi connectivity index (χ2n) is 14.4. The number of carbonyl (C=O) groups excluding carboxylic acids is 1. The zero-order valence-electron chi connectivity index (χ0n) is 30.0. The second-order valence-corrected chi connectivity index (χ2v) is 14.9. The van der Waals surface area contributed by atoms with Crippen LogP contribution in [0, 0.1) is 0 Å². The van der Waals surface area contributed by atoms with Crippen molar-refractivity contribution < 1.29 is 19.0 Å². The Hall–Kier alpha value is -3.79. The summed E-state index contributed by atoms with van der Waals surface area (Å²) in [6.07, 6.45) is 9.95. The molecule has 4 aromatic rings. The molecule has 2 N–H and O–H groups in total. The Morgan fingerprint density at radius 1 is 1.14 bits per heavy atom. The minimum absolute atomic E-state index is 0.0877. The van der Waals surface area contributed by atoms with Crippen LogP contribution in [-0.4, -0.2) is 103 Å². The van der Waals surface area contributed by atoms with Crippen molar-refractivity contribution in [1.82, 2.24) is 30.1 Å². The van der Waals surface area contributed by atoms with E-state index in [9.17, 15) is 4.79 Å². The fraction of sp³-hybridized carbons (Fsp3) is 0.526. The molecule has 1 aliphatic carbocycles. The molecule has 3 fully saturated rings. The molecule has 2 aliphatic heterocycles. The molecular formula is C38H50N7O4P. The summed E-state index contributed by atoms with van der Waals surface area (Å²) < 4.78 is 17.8. The van der Waals surface area contributed by atoms with Gasteiger partial charge in [0.15, 0.2) is 0 Å². The molecule has 1 saturated carbocycles. The first-order valence-electron chi connectivity index (χ1n) is 17.9. The number of likely N-dealkylation sites (N-methyl/N-ethyl adjacent to an activating group) is 1. The van der Waals surface area contributed by atoms with Crippen LogP contribution in [0.25, 0.3) is 32.9 Å². The van der Waals surface area contributed by atoms with E-state index < -0.39 is 6.09 Å². The molecule has 2 aromatic carbocycles. The third-order valence-electron chi connectivity index (χ3n) is 11.6. The number of pyridine rings is 1. The summed E-state index contributed by atoms with van der Waals surface area (Å²) in [7, 11) is 10.5. The predicted molar refractivity (Wildman–Crippen MR) is 202 cm³/mol. The van der Waals surface area contributed by atoms with Gasteiger partial charge < -0.3 is 29.7 Å². The van der Waals surface area contributed by atoms with E-state index in [1.54, 1.807) is 14.2 Å². The summed E-state index contributed by atoms with van der Waals surface area (Å²) in [5.41, 5.74) is 3.84. The first kappa shape index (κ1) is 34.6. The highest BCUT2D eigenvalue weighted by molar-refractivity contribution is 7.28. The highest BCUT2D eigenvalue weighted by atomic mass is 31.0. The molecule has 3 atom stereocenters. The molecule has 11 nitrogen and oxygen atoms in total. The number of hydrogen-bond donors (Lipinski definition) is 2. The van der Waals surface area contributed by atoms with Crippen LogP contribution in [0.5, 0.6) is 11.8 Å². The zero-order valence-corrected chi connectivity index (χ0v) is 31.1. The number of alkyl carbamates (subject to hydrolysis) is 1. The van der Waals surface area contributed by atoms with E-state index in [1.165, 1.54) is 17.4 Å². The summed E-state index contributed by atoms with van der Waals surface area (Å²) >= 11 is 0. The van der Waals surface area contributed by atoms with Crippen LogP contribution in [0.1, 0.15) is 57.4 Å². The van der Waals surface area contributed by atoms with Gasteiger partial charge in [-0.3, -0.25) is 9.88 Å². The highest BCUT2D eigenvalue weighted by Gasteiger charge is 2.50. The average Bonchev–Trinajstić information content (AvgIpc) is 3.68. The molecule has 3 aliphatic rings. The van der Waals surface area contributed by atoms with Crippen LogP contribution in [0.3, 0.4) is 0 Å². The van der Waals surface area contributed by atoms with Crippen molar-refractivity contribution in [2.45, 2.75) is 75.4 Å². The third-order valence-corrected chi connectivity index (χ3v) is 12.1. The number of carbonyl (C=O) groups is 1. The SMILES string of the molecule is CCc1cccc2cc(OC)cc(-c3ncc4c(NCC5(N(C)C)CCC5)nc(OC[C@]56CCCN5[C@@H](COC(=O)NC)CC6)nc4c3P)c12. The van der Waals surface area contributed by atoms with Crippen LogP contribution < -0.4 is 25.4 Å². The van der Waals surface area contributed by atoms with Crippen LogP contribution >= 0.6 is 9.24 Å². The molecule has 4 heterocycles. The lowest BCUT2D eigenvalue weighted by molar-refractivity contribution is 0.0556. The monoisotopic (exact) mass is 699 g/mol. The van der Waals surface area contributed by atoms with Gasteiger partial charge in [-0.2, -0.15) is 9.97 Å². The van der Waals surface area contributed by atoms with Crippen molar-refractivity contribution in [3.63, 3.8) is 0 Å². The first-order chi connectivity index (χ1) is 24.2. The van der Waals surface area contributed by atoms with Crippen LogP contribution in [0.4, 0.5) is 10.6 Å². The topological polar surface area (TPSA) is 114 Å². The van der Waals surface area contributed by atoms with E-state index in [2.05, 4.69) is 81.0 Å². The van der Waals surface area contributed by atoms with Crippen molar-refractivity contribution in [2.75, 3.05) is 59.9 Å². The third kappa shape index (κ3) is 6.22. The Morgan fingerprint density at radius 2 is 1.98 bits per heavy atom. The number of aromatic nitrogens is 3. The van der Waals surface area contributed by atoms with Crippen molar-refractivity contribution in [2.24, 2.45) is 0 Å². The molecular weight excluding hydrogens is 649 g/mol. The number of nitrogens with one attached hydrogen (secondary N) is 2. The molecule has 1 unspecified atom stereocenters. The Balaban J connectivity index is 1.27. The van der Waals surface area contributed by atoms with E-state index in [-0.39, 0.29) is 17.1 Å². The molecule has 266 valence electrons. The van der Waals surface area contributed by atoms with Gasteiger partial charge in [0.25, 0.3) is 0 Å². The molecule has 50 heavy (non-hydrogen) atoms. The van der Waals surface area contributed by atoms with Gasteiger partial charge in [-0.05, 0) is 100 Å². The van der Waals surface area contributed by atoms with Crippen molar-refractivity contribution in [1.29, 1.82) is 0 Å². The fourth-order valence-corrected chi connectivity index (χ4v) is 8.88. The number of rotatable bonds is 12. The Labute approximate surface area is 297 Å². The number of hydrogen-bond acceptors (Lipinski definition) is 10. The number of fused-ring (bicyclic) bond motifs is 3. The van der Waals surface area contributed by atoms with Crippen molar-refractivity contribution >= 4 is 48.1 Å². The largest absolute Gasteiger partial charge is 0.497 e. The Morgan fingerprint density at radius 3 is 2.70 bits per heavy atom. The first-order valence-corrected chi connectivity index (χ1v) is 18.5. The standard InChI is InChI=1S/C38H50N7O4P/c1-6-24-10-7-11-25-18-27(47-5)19-28(30(24)25)31-33(50)32-29(20-40-31)34(41-22-37(44(3)4)13-8-14-37)43-35(42-32)49-23-38-15-9-17-45(38)26(12-16-38)21-48-36(46)39-2/h7,10-11,18-20,26H,6,8-9,12-17,21-23,50H2,1-5H3,(H,39,46)(H,41,42,43)/t26-,38-/m1/s1. The van der Waals surface area contributed by atoms with E-state index in [0.29, 0.717) is 19.2 Å². The normalized spacial score (nSPS) is 21.3. The van der Waals surface area contributed by atoms with Gasteiger partial charge in [0, 0.05) is 42.2 Å². The van der Waals surface area contributed by atoms with Gasteiger partial charge in [-0.15, -0.1) is 9.24 Å². The fourth-order valence-electron chi connectivity index (χ4n) is 8.43. The number of nitrogens with zero attached hydrogens (tertiary/aromatic N) is 5. The van der Waals surface area contributed by atoms with Crippen molar-refractivity contribution in [3.05, 3.63) is 42.1 Å². The number of benzene rings is 2. The maximum absolute atomic E-state index is 11.8. The Bertz CT molecular complexity index is 1900. The number of aryl methyl sites for hydroxylation is 1. The lowest BCUT2D eigenvalue weighted by Crippen LogP contribution is -2.54. The van der Waals surface area contributed by atoms with E-state index in [4.69, 9.17) is 29.2 Å². The molecule has 0 spiro atoms. The van der Waals surface area contributed by atoms with Crippen LogP contribution in [0.2, 0.25) is 0 Å². The van der Waals surface area contributed by atoms with Crippen molar-refractivity contribution in [3.8, 4) is 23.0 Å².